The summed E-state index contributed by atoms with van der Waals surface area (Å²) in [5.74, 6) is 0. The van der Waals surface area contributed by atoms with Gasteiger partial charge >= 0.3 is 0 Å². The van der Waals surface area contributed by atoms with Crippen LogP contribution in [0.2, 0.25) is 0 Å². The highest BCUT2D eigenvalue weighted by Crippen LogP contribution is 2.31. The van der Waals surface area contributed by atoms with Crippen molar-refractivity contribution in [1.29, 1.82) is 0 Å². The van der Waals surface area contributed by atoms with Crippen LogP contribution < -0.4 is 0 Å². The summed E-state index contributed by atoms with van der Waals surface area (Å²) < 4.78 is 2.12. The first kappa shape index (κ1) is 13.6. The van der Waals surface area contributed by atoms with E-state index in [0.29, 0.717) is 0 Å². The lowest BCUT2D eigenvalue weighted by atomic mass is 10.0. The minimum atomic E-state index is 0.188. The fourth-order valence-electron chi connectivity index (χ4n) is 2.50. The Morgan fingerprint density at radius 3 is 2.10 bits per heavy atom. The smallest absolute Gasteiger partial charge is 0.0963 e. The zero-order valence-corrected chi connectivity index (χ0v) is 11.8. The summed E-state index contributed by atoms with van der Waals surface area (Å²) in [7, 11) is 0. The summed E-state index contributed by atoms with van der Waals surface area (Å²) in [6.45, 7) is 0.952. The van der Waals surface area contributed by atoms with Crippen LogP contribution in [0.15, 0.2) is 67.0 Å². The summed E-state index contributed by atoms with van der Waals surface area (Å²) in [6.07, 6.45) is 2.59. The Morgan fingerprint density at radius 1 is 0.857 bits per heavy atom. The number of hydrogen-bond acceptors (Lipinski definition) is 2. The van der Waals surface area contributed by atoms with E-state index in [2.05, 4.69) is 33.8 Å². The van der Waals surface area contributed by atoms with Crippen LogP contribution in [0.25, 0.3) is 22.5 Å². The van der Waals surface area contributed by atoms with E-state index in [0.717, 1.165) is 35.5 Å². The predicted octanol–water partition coefficient (Wildman–Crippen LogP) is 3.60. The van der Waals surface area contributed by atoms with Crippen LogP contribution in [0.1, 0.15) is 6.42 Å². The van der Waals surface area contributed by atoms with Gasteiger partial charge in [-0.2, -0.15) is 0 Å². The monoisotopic (exact) mass is 278 g/mol. The molecule has 3 heteroatoms. The maximum absolute atomic E-state index is 9.08. The third-order valence-corrected chi connectivity index (χ3v) is 3.49. The highest BCUT2D eigenvalue weighted by molar-refractivity contribution is 5.78. The highest BCUT2D eigenvalue weighted by Gasteiger charge is 2.14. The molecule has 0 atom stereocenters. The van der Waals surface area contributed by atoms with E-state index in [1.54, 1.807) is 0 Å². The molecule has 3 aromatic rings. The van der Waals surface area contributed by atoms with Gasteiger partial charge < -0.3 is 9.67 Å². The quantitative estimate of drug-likeness (QED) is 0.774. The van der Waals surface area contributed by atoms with E-state index in [9.17, 15) is 0 Å². The molecule has 0 saturated carbocycles. The van der Waals surface area contributed by atoms with E-state index in [4.69, 9.17) is 5.11 Å². The van der Waals surface area contributed by atoms with Crippen molar-refractivity contribution >= 4 is 0 Å². The topological polar surface area (TPSA) is 38.0 Å². The van der Waals surface area contributed by atoms with Crippen LogP contribution in [0, 0.1) is 0 Å². The van der Waals surface area contributed by atoms with Crippen LogP contribution in [-0.2, 0) is 6.54 Å². The molecule has 0 aliphatic carbocycles. The molecule has 1 N–H and O–H groups in total. The Bertz CT molecular complexity index is 690. The molecular formula is C18H18N2O. The number of aliphatic hydroxyl groups is 1. The second-order valence-electron chi connectivity index (χ2n) is 4.94. The fraction of sp³-hybridized carbons (Fsp3) is 0.167. The Kier molecular flexibility index (Phi) is 4.12. The average molecular weight is 278 g/mol. The van der Waals surface area contributed by atoms with Crippen molar-refractivity contribution in [3.8, 4) is 22.5 Å². The number of hydrogen-bond donors (Lipinski definition) is 1. The van der Waals surface area contributed by atoms with Crippen molar-refractivity contribution in [3.05, 3.63) is 67.0 Å². The van der Waals surface area contributed by atoms with Gasteiger partial charge in [0.05, 0.1) is 17.7 Å². The van der Waals surface area contributed by atoms with Gasteiger partial charge in [0.25, 0.3) is 0 Å². The Labute approximate surface area is 124 Å². The second kappa shape index (κ2) is 6.37. The molecule has 2 aromatic carbocycles. The molecule has 0 amide bonds. The summed E-state index contributed by atoms with van der Waals surface area (Å²) in [5, 5.41) is 9.08. The average Bonchev–Trinajstić information content (AvgIpc) is 2.98. The third-order valence-electron chi connectivity index (χ3n) is 3.49. The number of nitrogens with zero attached hydrogens (tertiary/aromatic N) is 2. The van der Waals surface area contributed by atoms with Crippen molar-refractivity contribution in [3.63, 3.8) is 0 Å². The lowest BCUT2D eigenvalue weighted by Gasteiger charge is -2.10. The van der Waals surface area contributed by atoms with Gasteiger partial charge in [-0.05, 0) is 6.42 Å². The normalized spacial score (nSPS) is 10.7. The molecule has 1 heterocycles. The van der Waals surface area contributed by atoms with E-state index in [1.807, 2.05) is 42.7 Å². The molecule has 21 heavy (non-hydrogen) atoms. The lowest BCUT2D eigenvalue weighted by molar-refractivity contribution is 0.280. The number of rotatable bonds is 5. The van der Waals surface area contributed by atoms with E-state index < -0.39 is 0 Å². The summed E-state index contributed by atoms with van der Waals surface area (Å²) in [4.78, 5) is 4.60. The molecule has 106 valence electrons. The van der Waals surface area contributed by atoms with Crippen LogP contribution in [-0.4, -0.2) is 21.3 Å². The minimum Gasteiger partial charge on any atom is -0.396 e. The van der Waals surface area contributed by atoms with Crippen LogP contribution in [0.3, 0.4) is 0 Å². The fourth-order valence-corrected chi connectivity index (χ4v) is 2.50. The summed E-state index contributed by atoms with van der Waals surface area (Å²) in [6, 6.07) is 20.5. The van der Waals surface area contributed by atoms with Gasteiger partial charge in [-0.15, -0.1) is 0 Å². The molecule has 0 aliphatic rings. The number of imidazole rings is 1. The molecule has 0 fully saturated rings. The van der Waals surface area contributed by atoms with Gasteiger partial charge in [-0.25, -0.2) is 4.98 Å². The molecule has 0 saturated heterocycles. The van der Waals surface area contributed by atoms with Crippen LogP contribution in [0.5, 0.6) is 0 Å². The van der Waals surface area contributed by atoms with Crippen LogP contribution >= 0.6 is 0 Å². The maximum atomic E-state index is 9.08. The molecule has 0 unspecified atom stereocenters. The highest BCUT2D eigenvalue weighted by atomic mass is 16.3. The zero-order chi connectivity index (χ0) is 14.5. The lowest BCUT2D eigenvalue weighted by Crippen LogP contribution is -2.01. The Balaban J connectivity index is 2.11. The van der Waals surface area contributed by atoms with Crippen molar-refractivity contribution in [1.82, 2.24) is 9.55 Å². The van der Waals surface area contributed by atoms with Gasteiger partial charge in [0.2, 0.25) is 0 Å². The number of aryl methyl sites for hydroxylation is 1. The van der Waals surface area contributed by atoms with Gasteiger partial charge in [-0.3, -0.25) is 0 Å². The standard InChI is InChI=1S/C18H18N2O/c21-13-7-12-20-14-19-17(15-8-3-1-4-9-15)18(20)16-10-5-2-6-11-16/h1-6,8-11,14,21H,7,12-13H2. The van der Waals surface area contributed by atoms with E-state index in [1.165, 1.54) is 0 Å². The molecular weight excluding hydrogens is 260 g/mol. The predicted molar refractivity (Wildman–Crippen MR) is 84.8 cm³/mol. The SMILES string of the molecule is OCCCn1cnc(-c2ccccc2)c1-c1ccccc1. The number of aliphatic hydroxyl groups excluding tert-OH is 1. The first-order valence-electron chi connectivity index (χ1n) is 7.17. The molecule has 0 aliphatic heterocycles. The van der Waals surface area contributed by atoms with Crippen molar-refractivity contribution in [2.75, 3.05) is 6.61 Å². The van der Waals surface area contributed by atoms with Gasteiger partial charge in [-0.1, -0.05) is 60.7 Å². The minimum absolute atomic E-state index is 0.188. The molecule has 1 aromatic heterocycles. The van der Waals surface area contributed by atoms with Gasteiger partial charge in [0.1, 0.15) is 0 Å². The van der Waals surface area contributed by atoms with Crippen molar-refractivity contribution < 1.29 is 5.11 Å². The summed E-state index contributed by atoms with van der Waals surface area (Å²) >= 11 is 0. The third kappa shape index (κ3) is 2.88. The maximum Gasteiger partial charge on any atom is 0.0963 e. The second-order valence-corrected chi connectivity index (χ2v) is 4.94. The van der Waals surface area contributed by atoms with Crippen molar-refractivity contribution in [2.45, 2.75) is 13.0 Å². The first-order valence-corrected chi connectivity index (χ1v) is 7.17. The Morgan fingerprint density at radius 2 is 1.48 bits per heavy atom. The molecule has 0 radical (unpaired) electrons. The molecule has 0 spiro atoms. The first-order chi connectivity index (χ1) is 10.4. The number of benzene rings is 2. The van der Waals surface area contributed by atoms with Crippen molar-refractivity contribution in [2.24, 2.45) is 0 Å². The Hall–Kier alpha value is -2.39. The zero-order valence-electron chi connectivity index (χ0n) is 11.8. The summed E-state index contributed by atoms with van der Waals surface area (Å²) in [5.41, 5.74) is 4.35. The number of aromatic nitrogens is 2. The molecule has 3 rings (SSSR count). The largest absolute Gasteiger partial charge is 0.396 e. The van der Waals surface area contributed by atoms with Gasteiger partial charge in [0, 0.05) is 24.3 Å². The van der Waals surface area contributed by atoms with E-state index in [-0.39, 0.29) is 6.61 Å². The molecule has 0 bridgehead atoms. The van der Waals surface area contributed by atoms with Gasteiger partial charge in [0.15, 0.2) is 0 Å². The van der Waals surface area contributed by atoms with E-state index >= 15 is 0 Å². The molecule has 3 nitrogen and oxygen atoms in total. The van der Waals surface area contributed by atoms with Crippen LogP contribution in [0.4, 0.5) is 0 Å².